The van der Waals surface area contributed by atoms with E-state index in [4.69, 9.17) is 0 Å². The smallest absolute Gasteiger partial charge is 0.273 e. The fourth-order valence-electron chi connectivity index (χ4n) is 2.89. The first kappa shape index (κ1) is 18.9. The highest BCUT2D eigenvalue weighted by Gasteiger charge is 2.27. The van der Waals surface area contributed by atoms with Gasteiger partial charge in [-0.15, -0.1) is 10.2 Å². The molecule has 146 valence electrons. The van der Waals surface area contributed by atoms with Crippen molar-refractivity contribution in [3.8, 4) is 10.7 Å². The fraction of sp³-hybridized carbons (Fsp3) is 0.200. The standard InChI is InChI=1S/C20H18N6O2S/c1-12-6-7-13(2)16(11-12)26-17(27)9-8-14(25-26)18(28)22-20-24-23-19(29-20)15-5-3-4-10-21-15/h3-7,10-11H,8-9H2,1-2H3,(H,22,24,28). The SMILES string of the molecule is Cc1ccc(C)c(N2N=C(C(=O)Nc3nnc(-c4ccccn4)s3)CCC2=O)c1. The van der Waals surface area contributed by atoms with E-state index >= 15 is 0 Å². The molecule has 0 saturated carbocycles. The lowest BCUT2D eigenvalue weighted by Crippen LogP contribution is -2.36. The number of rotatable bonds is 4. The molecule has 29 heavy (non-hydrogen) atoms. The number of aryl methyl sites for hydroxylation is 2. The van der Waals surface area contributed by atoms with Crippen LogP contribution in [0, 0.1) is 13.8 Å². The summed E-state index contributed by atoms with van der Waals surface area (Å²) in [6.45, 7) is 3.86. The Hall–Kier alpha value is -3.46. The van der Waals surface area contributed by atoms with Gasteiger partial charge in [0.25, 0.3) is 5.91 Å². The monoisotopic (exact) mass is 406 g/mol. The van der Waals surface area contributed by atoms with Crippen molar-refractivity contribution >= 4 is 39.7 Å². The van der Waals surface area contributed by atoms with Gasteiger partial charge in [-0.25, -0.2) is 5.01 Å². The third-order valence-corrected chi connectivity index (χ3v) is 5.28. The molecule has 1 aliphatic heterocycles. The van der Waals surface area contributed by atoms with E-state index in [9.17, 15) is 9.59 Å². The second kappa shape index (κ2) is 7.88. The summed E-state index contributed by atoms with van der Waals surface area (Å²) in [6.07, 6.45) is 2.16. The number of benzene rings is 1. The van der Waals surface area contributed by atoms with Crippen molar-refractivity contribution < 1.29 is 9.59 Å². The largest absolute Gasteiger partial charge is 0.295 e. The highest BCUT2D eigenvalue weighted by atomic mass is 32.1. The molecule has 8 nitrogen and oxygen atoms in total. The summed E-state index contributed by atoms with van der Waals surface area (Å²) < 4.78 is 0. The maximum absolute atomic E-state index is 12.7. The number of nitrogens with zero attached hydrogens (tertiary/aromatic N) is 5. The third-order valence-electron chi connectivity index (χ3n) is 4.42. The molecule has 0 fully saturated rings. The van der Waals surface area contributed by atoms with Crippen LogP contribution in [0.15, 0.2) is 47.7 Å². The quantitative estimate of drug-likeness (QED) is 0.716. The van der Waals surface area contributed by atoms with Crippen molar-refractivity contribution in [1.82, 2.24) is 15.2 Å². The molecule has 0 spiro atoms. The number of aromatic nitrogens is 3. The Balaban J connectivity index is 1.55. The summed E-state index contributed by atoms with van der Waals surface area (Å²) in [6, 6.07) is 11.3. The molecule has 3 heterocycles. The van der Waals surface area contributed by atoms with Crippen LogP contribution in [0.25, 0.3) is 10.7 Å². The Kier molecular flexibility index (Phi) is 5.13. The van der Waals surface area contributed by atoms with Crippen LogP contribution < -0.4 is 10.3 Å². The van der Waals surface area contributed by atoms with E-state index in [1.54, 1.807) is 6.20 Å². The van der Waals surface area contributed by atoms with Crippen molar-refractivity contribution in [2.45, 2.75) is 26.7 Å². The van der Waals surface area contributed by atoms with Crippen molar-refractivity contribution in [2.24, 2.45) is 5.10 Å². The molecule has 0 bridgehead atoms. The van der Waals surface area contributed by atoms with E-state index in [0.717, 1.165) is 11.1 Å². The van der Waals surface area contributed by atoms with Gasteiger partial charge in [0, 0.05) is 19.0 Å². The Labute approximate surface area is 171 Å². The van der Waals surface area contributed by atoms with Gasteiger partial charge in [0.2, 0.25) is 11.0 Å². The maximum atomic E-state index is 12.7. The van der Waals surface area contributed by atoms with Gasteiger partial charge in [-0.05, 0) is 43.2 Å². The molecule has 0 atom stereocenters. The zero-order valence-corrected chi connectivity index (χ0v) is 16.7. The van der Waals surface area contributed by atoms with Crippen molar-refractivity contribution in [1.29, 1.82) is 0 Å². The molecule has 3 aromatic rings. The molecule has 9 heteroatoms. The van der Waals surface area contributed by atoms with Gasteiger partial charge in [0.1, 0.15) is 11.4 Å². The molecule has 1 aliphatic rings. The highest BCUT2D eigenvalue weighted by molar-refractivity contribution is 7.18. The van der Waals surface area contributed by atoms with Crippen LogP contribution in [0.3, 0.4) is 0 Å². The van der Waals surface area contributed by atoms with E-state index in [-0.39, 0.29) is 24.5 Å². The molecular formula is C20H18N6O2S. The number of hydrazone groups is 1. The molecule has 2 amide bonds. The normalized spacial score (nSPS) is 13.9. The Morgan fingerprint density at radius 3 is 2.79 bits per heavy atom. The first-order chi connectivity index (χ1) is 14.0. The van der Waals surface area contributed by atoms with Crippen LogP contribution in [0.2, 0.25) is 0 Å². The van der Waals surface area contributed by atoms with Crippen molar-refractivity contribution in [3.63, 3.8) is 0 Å². The summed E-state index contributed by atoms with van der Waals surface area (Å²) in [5.74, 6) is -0.528. The average Bonchev–Trinajstić information content (AvgIpc) is 3.19. The van der Waals surface area contributed by atoms with Gasteiger partial charge in [-0.1, -0.05) is 29.5 Å². The summed E-state index contributed by atoms with van der Waals surface area (Å²) in [4.78, 5) is 29.3. The molecule has 0 radical (unpaired) electrons. The molecule has 0 saturated heterocycles. The van der Waals surface area contributed by atoms with Crippen molar-refractivity contribution in [2.75, 3.05) is 10.3 Å². The second-order valence-electron chi connectivity index (χ2n) is 6.62. The van der Waals surface area contributed by atoms with E-state index in [1.807, 2.05) is 50.2 Å². The van der Waals surface area contributed by atoms with Gasteiger partial charge in [-0.2, -0.15) is 5.10 Å². The molecular weight excluding hydrogens is 388 g/mol. The third kappa shape index (κ3) is 4.04. The van der Waals surface area contributed by atoms with E-state index in [1.165, 1.54) is 16.3 Å². The molecule has 4 rings (SSSR count). The predicted octanol–water partition coefficient (Wildman–Crippen LogP) is 3.34. The number of pyridine rings is 1. The summed E-state index contributed by atoms with van der Waals surface area (Å²) in [5.41, 5.74) is 3.58. The zero-order valence-electron chi connectivity index (χ0n) is 15.9. The second-order valence-corrected chi connectivity index (χ2v) is 7.60. The van der Waals surface area contributed by atoms with Crippen LogP contribution in [0.5, 0.6) is 0 Å². The van der Waals surface area contributed by atoms with Gasteiger partial charge in [0.15, 0.2) is 5.01 Å². The molecule has 0 unspecified atom stereocenters. The lowest BCUT2D eigenvalue weighted by molar-refractivity contribution is -0.118. The number of anilines is 2. The van der Waals surface area contributed by atoms with E-state index in [0.29, 0.717) is 21.5 Å². The maximum Gasteiger partial charge on any atom is 0.273 e. The minimum Gasteiger partial charge on any atom is -0.295 e. The Morgan fingerprint density at radius 2 is 2.00 bits per heavy atom. The average molecular weight is 406 g/mol. The van der Waals surface area contributed by atoms with Crippen LogP contribution >= 0.6 is 11.3 Å². The Bertz CT molecular complexity index is 1110. The number of carbonyl (C=O) groups is 2. The van der Waals surface area contributed by atoms with Gasteiger partial charge < -0.3 is 0 Å². The number of carbonyl (C=O) groups excluding carboxylic acids is 2. The minimum absolute atomic E-state index is 0.136. The molecule has 1 aromatic carbocycles. The number of nitrogens with one attached hydrogen (secondary N) is 1. The summed E-state index contributed by atoms with van der Waals surface area (Å²) in [7, 11) is 0. The van der Waals surface area contributed by atoms with Gasteiger partial charge in [-0.3, -0.25) is 19.9 Å². The van der Waals surface area contributed by atoms with Crippen molar-refractivity contribution in [3.05, 3.63) is 53.7 Å². The topological polar surface area (TPSA) is 100 Å². The molecule has 1 N–H and O–H groups in total. The number of amides is 2. The van der Waals surface area contributed by atoms with Crippen LogP contribution in [0.1, 0.15) is 24.0 Å². The predicted molar refractivity (Wildman–Crippen MR) is 112 cm³/mol. The first-order valence-electron chi connectivity index (χ1n) is 9.05. The Morgan fingerprint density at radius 1 is 1.14 bits per heavy atom. The summed E-state index contributed by atoms with van der Waals surface area (Å²) >= 11 is 1.23. The van der Waals surface area contributed by atoms with E-state index in [2.05, 4.69) is 25.6 Å². The summed E-state index contributed by atoms with van der Waals surface area (Å²) in [5, 5.41) is 17.4. The number of hydrogen-bond acceptors (Lipinski definition) is 7. The lowest BCUT2D eigenvalue weighted by Gasteiger charge is -2.24. The van der Waals surface area contributed by atoms with Crippen LogP contribution in [-0.4, -0.2) is 32.7 Å². The lowest BCUT2D eigenvalue weighted by atomic mass is 10.1. The van der Waals surface area contributed by atoms with Crippen LogP contribution in [-0.2, 0) is 9.59 Å². The molecule has 2 aromatic heterocycles. The molecule has 0 aliphatic carbocycles. The zero-order chi connectivity index (χ0) is 20.4. The fourth-order valence-corrected chi connectivity index (χ4v) is 3.60. The van der Waals surface area contributed by atoms with Gasteiger partial charge >= 0.3 is 0 Å². The van der Waals surface area contributed by atoms with Crippen LogP contribution in [0.4, 0.5) is 10.8 Å². The minimum atomic E-state index is -0.392. The number of hydrogen-bond donors (Lipinski definition) is 1. The highest BCUT2D eigenvalue weighted by Crippen LogP contribution is 2.27. The van der Waals surface area contributed by atoms with Gasteiger partial charge in [0.05, 0.1) is 5.69 Å². The first-order valence-corrected chi connectivity index (χ1v) is 9.87. The van der Waals surface area contributed by atoms with E-state index < -0.39 is 5.91 Å².